The average molecular weight is 225 g/mol. The summed E-state index contributed by atoms with van der Waals surface area (Å²) < 4.78 is 2.04. The highest BCUT2D eigenvalue weighted by atomic mass is 15.0. The van der Waals surface area contributed by atoms with E-state index in [0.717, 1.165) is 18.7 Å². The van der Waals surface area contributed by atoms with Crippen molar-refractivity contribution in [2.24, 2.45) is 0 Å². The summed E-state index contributed by atoms with van der Waals surface area (Å²) in [5.74, 6) is 6.20. The zero-order chi connectivity index (χ0) is 11.8. The van der Waals surface area contributed by atoms with E-state index < -0.39 is 0 Å². The molecule has 1 aromatic heterocycles. The molecular formula is C14H15N3. The molecule has 86 valence electrons. The highest BCUT2D eigenvalue weighted by Crippen LogP contribution is 1.94. The molecule has 0 amide bonds. The maximum Gasteiger partial charge on any atom is 0.0946 e. The molecule has 0 aliphatic heterocycles. The third-order valence-corrected chi connectivity index (χ3v) is 2.33. The fourth-order valence-electron chi connectivity index (χ4n) is 1.45. The van der Waals surface area contributed by atoms with E-state index >= 15 is 0 Å². The molecular weight excluding hydrogens is 210 g/mol. The Morgan fingerprint density at radius 2 is 2.12 bits per heavy atom. The fraction of sp³-hybridized carbons (Fsp3) is 0.214. The van der Waals surface area contributed by atoms with Gasteiger partial charge in [-0.25, -0.2) is 4.98 Å². The summed E-state index contributed by atoms with van der Waals surface area (Å²) in [5.41, 5.74) is 1.06. The molecule has 0 saturated heterocycles. The monoisotopic (exact) mass is 225 g/mol. The largest absolute Gasteiger partial charge is 0.336 e. The molecule has 2 rings (SSSR count). The van der Waals surface area contributed by atoms with Crippen LogP contribution in [0.5, 0.6) is 0 Å². The van der Waals surface area contributed by atoms with Crippen molar-refractivity contribution in [3.05, 3.63) is 54.6 Å². The lowest BCUT2D eigenvalue weighted by molar-refractivity contribution is 0.628. The quantitative estimate of drug-likeness (QED) is 0.631. The van der Waals surface area contributed by atoms with E-state index in [1.807, 2.05) is 47.4 Å². The van der Waals surface area contributed by atoms with Gasteiger partial charge < -0.3 is 9.88 Å². The van der Waals surface area contributed by atoms with Crippen LogP contribution in [0.15, 0.2) is 49.1 Å². The molecule has 0 radical (unpaired) electrons. The molecule has 0 aliphatic carbocycles. The molecule has 0 unspecified atom stereocenters. The smallest absolute Gasteiger partial charge is 0.0946 e. The van der Waals surface area contributed by atoms with Crippen molar-refractivity contribution >= 4 is 0 Å². The van der Waals surface area contributed by atoms with E-state index in [4.69, 9.17) is 0 Å². The van der Waals surface area contributed by atoms with Crippen LogP contribution in [0, 0.1) is 11.8 Å². The van der Waals surface area contributed by atoms with Crippen molar-refractivity contribution in [3.8, 4) is 11.8 Å². The Labute approximate surface area is 102 Å². The summed E-state index contributed by atoms with van der Waals surface area (Å²) in [6.45, 7) is 2.54. The second kappa shape index (κ2) is 6.51. The Morgan fingerprint density at radius 1 is 1.24 bits per heavy atom. The number of hydrogen-bond donors (Lipinski definition) is 1. The topological polar surface area (TPSA) is 29.9 Å². The Morgan fingerprint density at radius 3 is 2.88 bits per heavy atom. The molecule has 3 nitrogen and oxygen atoms in total. The van der Waals surface area contributed by atoms with Gasteiger partial charge in [-0.05, 0) is 12.1 Å². The third-order valence-electron chi connectivity index (χ3n) is 2.33. The van der Waals surface area contributed by atoms with Gasteiger partial charge in [0.15, 0.2) is 0 Å². The van der Waals surface area contributed by atoms with Crippen molar-refractivity contribution in [2.75, 3.05) is 13.1 Å². The lowest BCUT2D eigenvalue weighted by Gasteiger charge is -2.00. The second-order valence-corrected chi connectivity index (χ2v) is 3.65. The van der Waals surface area contributed by atoms with Gasteiger partial charge in [-0.15, -0.1) is 0 Å². The van der Waals surface area contributed by atoms with Crippen LogP contribution < -0.4 is 5.32 Å². The number of rotatable bonds is 4. The highest BCUT2D eigenvalue weighted by Gasteiger charge is 1.87. The summed E-state index contributed by atoms with van der Waals surface area (Å²) in [6, 6.07) is 10.0. The molecule has 1 N–H and O–H groups in total. The van der Waals surface area contributed by atoms with Gasteiger partial charge in [0.25, 0.3) is 0 Å². The number of benzene rings is 1. The van der Waals surface area contributed by atoms with Gasteiger partial charge in [0, 0.05) is 31.0 Å². The summed E-state index contributed by atoms with van der Waals surface area (Å²) in [5, 5.41) is 3.27. The van der Waals surface area contributed by atoms with Gasteiger partial charge in [0.05, 0.1) is 12.9 Å². The first-order valence-electron chi connectivity index (χ1n) is 5.65. The minimum Gasteiger partial charge on any atom is -0.336 e. The van der Waals surface area contributed by atoms with Gasteiger partial charge in [0.2, 0.25) is 0 Å². The molecule has 0 atom stereocenters. The van der Waals surface area contributed by atoms with Crippen molar-refractivity contribution in [1.29, 1.82) is 0 Å². The predicted molar refractivity (Wildman–Crippen MR) is 68.4 cm³/mol. The third kappa shape index (κ3) is 4.13. The standard InChI is InChI=1S/C14H15N3/c1-2-5-14(6-3-1)7-4-8-15-9-11-17-12-10-16-13-17/h1-3,5-6,10,12-13,15H,8-9,11H2. The number of nitrogens with one attached hydrogen (secondary N) is 1. The van der Waals surface area contributed by atoms with Gasteiger partial charge >= 0.3 is 0 Å². The maximum absolute atomic E-state index is 3.98. The van der Waals surface area contributed by atoms with Crippen molar-refractivity contribution in [1.82, 2.24) is 14.9 Å². The number of hydrogen-bond acceptors (Lipinski definition) is 2. The van der Waals surface area contributed by atoms with Crippen molar-refractivity contribution < 1.29 is 0 Å². The number of nitrogens with zero attached hydrogens (tertiary/aromatic N) is 2. The van der Waals surface area contributed by atoms with E-state index in [1.165, 1.54) is 0 Å². The first-order chi connectivity index (χ1) is 8.45. The van der Waals surface area contributed by atoms with Gasteiger partial charge in [-0.1, -0.05) is 30.0 Å². The summed E-state index contributed by atoms with van der Waals surface area (Å²) >= 11 is 0. The van der Waals surface area contributed by atoms with Gasteiger partial charge in [0.1, 0.15) is 0 Å². The highest BCUT2D eigenvalue weighted by molar-refractivity contribution is 5.33. The van der Waals surface area contributed by atoms with Crippen molar-refractivity contribution in [2.45, 2.75) is 6.54 Å². The molecule has 0 spiro atoms. The average Bonchev–Trinajstić information content (AvgIpc) is 2.88. The lowest BCUT2D eigenvalue weighted by Crippen LogP contribution is -2.19. The molecule has 3 heteroatoms. The Balaban J connectivity index is 1.65. The zero-order valence-corrected chi connectivity index (χ0v) is 9.63. The minimum atomic E-state index is 0.712. The van der Waals surface area contributed by atoms with E-state index in [2.05, 4.69) is 22.1 Å². The molecule has 1 aromatic carbocycles. The van der Waals surface area contributed by atoms with Gasteiger partial charge in [-0.2, -0.15) is 0 Å². The summed E-state index contributed by atoms with van der Waals surface area (Å²) in [6.07, 6.45) is 5.56. The number of aromatic nitrogens is 2. The Bertz CT molecular complexity index is 477. The minimum absolute atomic E-state index is 0.712. The van der Waals surface area contributed by atoms with Crippen LogP contribution in [-0.2, 0) is 6.54 Å². The van der Waals surface area contributed by atoms with Crippen LogP contribution in [0.3, 0.4) is 0 Å². The molecule has 0 fully saturated rings. The maximum atomic E-state index is 3.98. The molecule has 0 bridgehead atoms. The first kappa shape index (κ1) is 11.4. The van der Waals surface area contributed by atoms with Gasteiger partial charge in [-0.3, -0.25) is 0 Å². The predicted octanol–water partition coefficient (Wildman–Crippen LogP) is 1.52. The van der Waals surface area contributed by atoms with Crippen molar-refractivity contribution in [3.63, 3.8) is 0 Å². The summed E-state index contributed by atoms with van der Waals surface area (Å²) in [4.78, 5) is 3.98. The van der Waals surface area contributed by atoms with E-state index in [0.29, 0.717) is 6.54 Å². The van der Waals surface area contributed by atoms with E-state index in [-0.39, 0.29) is 0 Å². The normalized spacial score (nSPS) is 9.65. The number of imidazole rings is 1. The molecule has 2 aromatic rings. The molecule has 1 heterocycles. The van der Waals surface area contributed by atoms with Crippen LogP contribution in [0.4, 0.5) is 0 Å². The Hall–Kier alpha value is -2.05. The van der Waals surface area contributed by atoms with E-state index in [9.17, 15) is 0 Å². The van der Waals surface area contributed by atoms with Crippen LogP contribution in [0.2, 0.25) is 0 Å². The molecule has 17 heavy (non-hydrogen) atoms. The van der Waals surface area contributed by atoms with Crippen LogP contribution in [0.1, 0.15) is 5.56 Å². The van der Waals surface area contributed by atoms with Crippen LogP contribution >= 0.6 is 0 Å². The SMILES string of the molecule is C(#Cc1ccccc1)CNCCn1ccnc1. The van der Waals surface area contributed by atoms with E-state index in [1.54, 1.807) is 6.20 Å². The Kier molecular flexibility index (Phi) is 4.38. The second-order valence-electron chi connectivity index (χ2n) is 3.65. The molecule has 0 aliphatic rings. The lowest BCUT2D eigenvalue weighted by atomic mass is 10.2. The zero-order valence-electron chi connectivity index (χ0n) is 9.63. The van der Waals surface area contributed by atoms with Crippen LogP contribution in [0.25, 0.3) is 0 Å². The first-order valence-corrected chi connectivity index (χ1v) is 5.65. The van der Waals surface area contributed by atoms with Crippen LogP contribution in [-0.4, -0.2) is 22.6 Å². The molecule has 0 saturated carbocycles. The fourth-order valence-corrected chi connectivity index (χ4v) is 1.45. The summed E-state index contributed by atoms with van der Waals surface area (Å²) in [7, 11) is 0.